The number of ether oxygens (including phenoxy) is 2. The summed E-state index contributed by atoms with van der Waals surface area (Å²) in [4.78, 5) is 44.4. The molecular formula is C27H33N5O6. The molecule has 3 fully saturated rings. The highest BCUT2D eigenvalue weighted by Crippen LogP contribution is 2.59. The number of likely N-dealkylation sites (tertiary alicyclic amines) is 1. The lowest BCUT2D eigenvalue weighted by atomic mass is 9.70. The molecule has 0 saturated carbocycles. The summed E-state index contributed by atoms with van der Waals surface area (Å²) in [6, 6.07) is 5.80. The Kier molecular flexibility index (Phi) is 7.06. The molecule has 5 rings (SSSR count). The highest BCUT2D eigenvalue weighted by Gasteiger charge is 2.75. The molecule has 38 heavy (non-hydrogen) atoms. The summed E-state index contributed by atoms with van der Waals surface area (Å²) in [6.45, 7) is 9.22. The van der Waals surface area contributed by atoms with Gasteiger partial charge >= 0.3 is 5.97 Å². The molecule has 1 N–H and O–H groups in total. The van der Waals surface area contributed by atoms with Crippen LogP contribution in [0.2, 0.25) is 0 Å². The van der Waals surface area contributed by atoms with Crippen molar-refractivity contribution in [2.45, 2.75) is 56.6 Å². The van der Waals surface area contributed by atoms with E-state index >= 15 is 0 Å². The van der Waals surface area contributed by atoms with Crippen molar-refractivity contribution < 1.29 is 29.0 Å². The van der Waals surface area contributed by atoms with E-state index in [1.54, 1.807) is 15.7 Å². The topological polar surface area (TPSA) is 127 Å². The van der Waals surface area contributed by atoms with Crippen LogP contribution in [0, 0.1) is 11.8 Å². The summed E-state index contributed by atoms with van der Waals surface area (Å²) >= 11 is 0. The fourth-order valence-electron chi connectivity index (χ4n) is 6.41. The Morgan fingerprint density at radius 3 is 2.84 bits per heavy atom. The largest absolute Gasteiger partial charge is 0.461 e. The van der Waals surface area contributed by atoms with Crippen molar-refractivity contribution in [3.63, 3.8) is 0 Å². The summed E-state index contributed by atoms with van der Waals surface area (Å²) in [5.74, 6) is -2.94. The van der Waals surface area contributed by atoms with E-state index < -0.39 is 41.6 Å². The third kappa shape index (κ3) is 3.92. The van der Waals surface area contributed by atoms with Crippen LogP contribution in [0.1, 0.15) is 26.2 Å². The van der Waals surface area contributed by atoms with Gasteiger partial charge < -0.3 is 24.4 Å². The van der Waals surface area contributed by atoms with Gasteiger partial charge in [0.2, 0.25) is 11.8 Å². The third-order valence-electron chi connectivity index (χ3n) is 8.05. The maximum atomic E-state index is 14.4. The molecule has 0 radical (unpaired) electrons. The van der Waals surface area contributed by atoms with E-state index in [2.05, 4.69) is 23.5 Å². The number of nitrogens with zero attached hydrogens (tertiary/aromatic N) is 5. The molecule has 11 nitrogen and oxygen atoms in total. The summed E-state index contributed by atoms with van der Waals surface area (Å²) in [5, 5.41) is 18.6. The van der Waals surface area contributed by atoms with Gasteiger partial charge in [-0.1, -0.05) is 43.0 Å². The summed E-state index contributed by atoms with van der Waals surface area (Å²) in [7, 11) is 0. The molecule has 1 aromatic heterocycles. The number of carbonyl (C=O) groups excluding carboxylic acids is 3. The fourth-order valence-corrected chi connectivity index (χ4v) is 6.41. The molecular weight excluding hydrogens is 490 g/mol. The fraction of sp³-hybridized carbons (Fsp3) is 0.519. The number of aromatic nitrogens is 3. The van der Waals surface area contributed by atoms with Crippen LogP contribution in [0.5, 0.6) is 0 Å². The van der Waals surface area contributed by atoms with E-state index in [1.807, 2.05) is 31.2 Å². The van der Waals surface area contributed by atoms with Crippen LogP contribution >= 0.6 is 0 Å². The standard InChI is InChI=1S/C27H33N5O6/c1-4-13-30(16-31-19-10-8-7-9-18(19)28-29-31)25(35)23-27-12-11-20(38-27)21(26(36)37-14-5-2)22(27)24(34)32(23)17(6-3)15-33/h4-5,7-10,17,20-23,33H,1-2,6,11-16H2,3H3/t17-,20+,21-,22-,23?,27?/m0/s1. The molecule has 1 aromatic carbocycles. The zero-order valence-corrected chi connectivity index (χ0v) is 21.4. The minimum Gasteiger partial charge on any atom is -0.461 e. The normalized spacial score (nSPS) is 28.4. The Hall–Kier alpha value is -3.57. The van der Waals surface area contributed by atoms with Gasteiger partial charge in [0.15, 0.2) is 0 Å². The lowest BCUT2D eigenvalue weighted by Crippen LogP contribution is -2.58. The quantitative estimate of drug-likeness (QED) is 0.345. The SMILES string of the molecule is C=CCOC(=O)[C@@H]1[C@H]2C(=O)N([C@@H](CC)CO)C(C(=O)N(CC=C)Cn3nnc4ccccc43)C23CC[C@H]1O3. The van der Waals surface area contributed by atoms with Crippen LogP contribution in [0.4, 0.5) is 0 Å². The molecule has 6 atom stereocenters. The summed E-state index contributed by atoms with van der Waals surface area (Å²) in [5.41, 5.74) is 0.262. The van der Waals surface area contributed by atoms with E-state index in [1.165, 1.54) is 11.0 Å². The van der Waals surface area contributed by atoms with Crippen molar-refractivity contribution in [3.8, 4) is 0 Å². The van der Waals surface area contributed by atoms with E-state index in [0.717, 1.165) is 5.52 Å². The van der Waals surface area contributed by atoms with Gasteiger partial charge in [-0.15, -0.1) is 11.7 Å². The zero-order valence-electron chi connectivity index (χ0n) is 21.4. The van der Waals surface area contributed by atoms with Crippen molar-refractivity contribution >= 4 is 28.8 Å². The second-order valence-corrected chi connectivity index (χ2v) is 10.0. The minimum atomic E-state index is -1.19. The number of fused-ring (bicyclic) bond motifs is 2. The average molecular weight is 524 g/mol. The number of amides is 2. The Morgan fingerprint density at radius 1 is 1.34 bits per heavy atom. The molecule has 3 aliphatic rings. The predicted molar refractivity (Wildman–Crippen MR) is 136 cm³/mol. The third-order valence-corrected chi connectivity index (χ3v) is 8.05. The number of benzene rings is 1. The van der Waals surface area contributed by atoms with Gasteiger partial charge in [0, 0.05) is 6.54 Å². The molecule has 2 unspecified atom stereocenters. The first kappa shape index (κ1) is 26.1. The van der Waals surface area contributed by atoms with Gasteiger partial charge in [-0.3, -0.25) is 14.4 Å². The van der Waals surface area contributed by atoms with Crippen molar-refractivity contribution in [1.82, 2.24) is 24.8 Å². The molecule has 4 heterocycles. The maximum Gasteiger partial charge on any atom is 0.312 e. The average Bonchev–Trinajstić information content (AvgIpc) is 3.67. The first-order chi connectivity index (χ1) is 18.4. The minimum absolute atomic E-state index is 0.0231. The van der Waals surface area contributed by atoms with Crippen LogP contribution < -0.4 is 0 Å². The molecule has 2 aromatic rings. The van der Waals surface area contributed by atoms with E-state index in [4.69, 9.17) is 9.47 Å². The van der Waals surface area contributed by atoms with Crippen molar-refractivity contribution in [2.75, 3.05) is 19.8 Å². The van der Waals surface area contributed by atoms with E-state index in [-0.39, 0.29) is 38.2 Å². The number of hydrogen-bond acceptors (Lipinski definition) is 8. The second kappa shape index (κ2) is 10.3. The van der Waals surface area contributed by atoms with Gasteiger partial charge in [0.05, 0.1) is 36.1 Å². The predicted octanol–water partition coefficient (Wildman–Crippen LogP) is 1.28. The molecule has 3 saturated heterocycles. The molecule has 202 valence electrons. The zero-order chi connectivity index (χ0) is 27.0. The Bertz CT molecular complexity index is 1260. The summed E-state index contributed by atoms with van der Waals surface area (Å²) in [6.07, 6.45) is 3.97. The molecule has 1 spiro atoms. The van der Waals surface area contributed by atoms with Gasteiger partial charge in [0.25, 0.3) is 0 Å². The Balaban J connectivity index is 1.53. The van der Waals surface area contributed by atoms with Crippen LogP contribution in [0.15, 0.2) is 49.6 Å². The number of esters is 1. The number of carbonyl (C=O) groups is 3. The molecule has 0 aliphatic carbocycles. The molecule has 2 amide bonds. The second-order valence-electron chi connectivity index (χ2n) is 10.0. The van der Waals surface area contributed by atoms with Crippen molar-refractivity contribution in [3.05, 3.63) is 49.6 Å². The number of aliphatic hydroxyl groups is 1. The van der Waals surface area contributed by atoms with E-state index in [0.29, 0.717) is 24.8 Å². The highest BCUT2D eigenvalue weighted by atomic mass is 16.6. The van der Waals surface area contributed by atoms with Gasteiger partial charge in [0.1, 0.15) is 30.4 Å². The van der Waals surface area contributed by atoms with Gasteiger partial charge in [-0.2, -0.15) is 0 Å². The lowest BCUT2D eigenvalue weighted by molar-refractivity contribution is -0.156. The number of para-hydroxylation sites is 1. The Morgan fingerprint density at radius 2 is 2.13 bits per heavy atom. The first-order valence-electron chi connectivity index (χ1n) is 13.0. The highest BCUT2D eigenvalue weighted by molar-refractivity contribution is 5.98. The number of aliphatic hydroxyl groups excluding tert-OH is 1. The molecule has 11 heteroatoms. The van der Waals surface area contributed by atoms with E-state index in [9.17, 15) is 19.5 Å². The lowest BCUT2D eigenvalue weighted by Gasteiger charge is -2.39. The molecule has 3 aliphatic heterocycles. The first-order valence-corrected chi connectivity index (χ1v) is 13.0. The maximum absolute atomic E-state index is 14.4. The summed E-state index contributed by atoms with van der Waals surface area (Å²) < 4.78 is 13.4. The monoisotopic (exact) mass is 523 g/mol. The van der Waals surface area contributed by atoms with Crippen molar-refractivity contribution in [1.29, 1.82) is 0 Å². The van der Waals surface area contributed by atoms with Crippen molar-refractivity contribution in [2.24, 2.45) is 11.8 Å². The van der Waals surface area contributed by atoms with Crippen LogP contribution in [0.25, 0.3) is 11.0 Å². The Labute approximate surface area is 220 Å². The van der Waals surface area contributed by atoms with Crippen LogP contribution in [-0.4, -0.2) is 91.2 Å². The van der Waals surface area contributed by atoms with Gasteiger partial charge in [-0.25, -0.2) is 4.68 Å². The van der Waals surface area contributed by atoms with Gasteiger partial charge in [-0.05, 0) is 31.4 Å². The number of hydrogen-bond donors (Lipinski definition) is 1. The smallest absolute Gasteiger partial charge is 0.312 e. The molecule has 2 bridgehead atoms. The van der Waals surface area contributed by atoms with Crippen LogP contribution in [0.3, 0.4) is 0 Å². The van der Waals surface area contributed by atoms with Crippen LogP contribution in [-0.2, 0) is 30.5 Å². The number of rotatable bonds is 11.